The molecule has 1 aliphatic carbocycles. The molecule has 104 valence electrons. The van der Waals surface area contributed by atoms with Crippen LogP contribution in [0.1, 0.15) is 43.7 Å². The number of nitrogens with zero attached hydrogens (tertiary/aromatic N) is 2. The molecule has 0 spiro atoms. The maximum atomic E-state index is 9.65. The van der Waals surface area contributed by atoms with Crippen LogP contribution in [-0.4, -0.2) is 23.0 Å². The molecule has 0 aliphatic heterocycles. The fraction of sp³-hybridized carbons (Fsp3) is 0.471. The molecule has 2 aromatic rings. The third kappa shape index (κ3) is 2.32. The summed E-state index contributed by atoms with van der Waals surface area (Å²) in [4.78, 5) is 5.56. The molecule has 1 fully saturated rings. The van der Waals surface area contributed by atoms with Gasteiger partial charge in [-0.3, -0.25) is 4.90 Å². The van der Waals surface area contributed by atoms with E-state index in [1.165, 1.54) is 37.5 Å². The number of fused-ring (bicyclic) bond motifs is 1. The van der Waals surface area contributed by atoms with Crippen molar-refractivity contribution in [3.63, 3.8) is 0 Å². The fourth-order valence-corrected chi connectivity index (χ4v) is 3.40. The molecule has 0 bridgehead atoms. The summed E-state index contributed by atoms with van der Waals surface area (Å²) in [5, 5.41) is 10.8. The van der Waals surface area contributed by atoms with Crippen LogP contribution in [-0.2, 0) is 0 Å². The van der Waals surface area contributed by atoms with Gasteiger partial charge in [-0.2, -0.15) is 5.26 Å². The second-order valence-corrected chi connectivity index (χ2v) is 5.78. The van der Waals surface area contributed by atoms with E-state index in [9.17, 15) is 5.26 Å². The number of hydrogen-bond acceptors (Lipinski definition) is 2. The summed E-state index contributed by atoms with van der Waals surface area (Å²) in [6.07, 6.45) is 8.36. The Morgan fingerprint density at radius 2 is 2.00 bits per heavy atom. The number of benzene rings is 1. The molecule has 20 heavy (non-hydrogen) atoms. The van der Waals surface area contributed by atoms with Gasteiger partial charge in [0.2, 0.25) is 0 Å². The molecular formula is C17H21N3. The number of rotatable bonds is 3. The van der Waals surface area contributed by atoms with Gasteiger partial charge in [0.25, 0.3) is 0 Å². The molecule has 0 radical (unpaired) electrons. The second kappa shape index (κ2) is 5.68. The second-order valence-electron chi connectivity index (χ2n) is 5.78. The zero-order valence-corrected chi connectivity index (χ0v) is 12.0. The smallest absolute Gasteiger partial charge is 0.125 e. The lowest BCUT2D eigenvalue weighted by Gasteiger charge is -2.34. The molecule has 3 nitrogen and oxygen atoms in total. The Labute approximate surface area is 120 Å². The first-order valence-corrected chi connectivity index (χ1v) is 7.49. The zero-order chi connectivity index (χ0) is 13.9. The van der Waals surface area contributed by atoms with Crippen molar-refractivity contribution in [1.29, 1.82) is 5.26 Å². The van der Waals surface area contributed by atoms with Gasteiger partial charge in [0.1, 0.15) is 6.04 Å². The van der Waals surface area contributed by atoms with Gasteiger partial charge < -0.3 is 4.98 Å². The van der Waals surface area contributed by atoms with Crippen molar-refractivity contribution in [2.75, 3.05) is 7.05 Å². The topological polar surface area (TPSA) is 42.8 Å². The highest BCUT2D eigenvalue weighted by Crippen LogP contribution is 2.32. The van der Waals surface area contributed by atoms with Gasteiger partial charge in [-0.1, -0.05) is 37.5 Å². The van der Waals surface area contributed by atoms with E-state index in [4.69, 9.17) is 0 Å². The number of aromatic amines is 1. The lowest BCUT2D eigenvalue weighted by atomic mass is 9.92. The fourth-order valence-electron chi connectivity index (χ4n) is 3.40. The van der Waals surface area contributed by atoms with Gasteiger partial charge in [0, 0.05) is 28.7 Å². The van der Waals surface area contributed by atoms with Crippen LogP contribution in [0.4, 0.5) is 0 Å². The minimum atomic E-state index is -0.158. The van der Waals surface area contributed by atoms with Crippen LogP contribution >= 0.6 is 0 Å². The van der Waals surface area contributed by atoms with Crippen molar-refractivity contribution in [3.05, 3.63) is 36.0 Å². The van der Waals surface area contributed by atoms with Crippen LogP contribution in [0.5, 0.6) is 0 Å². The monoisotopic (exact) mass is 267 g/mol. The molecule has 1 atom stereocenters. The van der Waals surface area contributed by atoms with Crippen molar-refractivity contribution in [3.8, 4) is 6.07 Å². The largest absolute Gasteiger partial charge is 0.361 e. The van der Waals surface area contributed by atoms with Crippen LogP contribution in [0, 0.1) is 11.3 Å². The van der Waals surface area contributed by atoms with Crippen LogP contribution in [0.3, 0.4) is 0 Å². The average Bonchev–Trinajstić information content (AvgIpc) is 2.93. The Morgan fingerprint density at radius 1 is 1.25 bits per heavy atom. The predicted molar refractivity (Wildman–Crippen MR) is 81.3 cm³/mol. The van der Waals surface area contributed by atoms with Crippen LogP contribution in [0.2, 0.25) is 0 Å². The first-order valence-electron chi connectivity index (χ1n) is 7.49. The van der Waals surface area contributed by atoms with Gasteiger partial charge in [0.15, 0.2) is 0 Å². The van der Waals surface area contributed by atoms with Crippen molar-refractivity contribution in [2.24, 2.45) is 0 Å². The zero-order valence-electron chi connectivity index (χ0n) is 12.0. The van der Waals surface area contributed by atoms with Crippen LogP contribution in [0.25, 0.3) is 10.9 Å². The molecule has 1 saturated carbocycles. The summed E-state index contributed by atoms with van der Waals surface area (Å²) < 4.78 is 0. The summed E-state index contributed by atoms with van der Waals surface area (Å²) in [5.41, 5.74) is 2.22. The molecular weight excluding hydrogens is 246 g/mol. The molecule has 3 heteroatoms. The normalized spacial score (nSPS) is 18.2. The van der Waals surface area contributed by atoms with Crippen molar-refractivity contribution in [1.82, 2.24) is 9.88 Å². The quantitative estimate of drug-likeness (QED) is 0.913. The lowest BCUT2D eigenvalue weighted by molar-refractivity contribution is 0.165. The lowest BCUT2D eigenvalue weighted by Crippen LogP contribution is -2.36. The molecule has 0 amide bonds. The number of aromatic nitrogens is 1. The van der Waals surface area contributed by atoms with E-state index in [1.54, 1.807) is 0 Å². The molecule has 1 aromatic carbocycles. The number of nitriles is 1. The van der Waals surface area contributed by atoms with E-state index in [-0.39, 0.29) is 6.04 Å². The van der Waals surface area contributed by atoms with Crippen LogP contribution in [0.15, 0.2) is 30.5 Å². The van der Waals surface area contributed by atoms with E-state index < -0.39 is 0 Å². The van der Waals surface area contributed by atoms with E-state index in [2.05, 4.69) is 35.1 Å². The van der Waals surface area contributed by atoms with Crippen molar-refractivity contribution < 1.29 is 0 Å². The summed E-state index contributed by atoms with van der Waals surface area (Å²) >= 11 is 0. The average molecular weight is 267 g/mol. The third-order valence-electron chi connectivity index (χ3n) is 4.60. The van der Waals surface area contributed by atoms with Gasteiger partial charge in [0.05, 0.1) is 6.07 Å². The standard InChI is InChI=1S/C17H21N3/c1-20(13-7-3-2-4-8-13)17(11-18)15-12-19-16-10-6-5-9-14(15)16/h5-6,9-10,12-13,17,19H,2-4,7-8H2,1H3. The molecule has 1 N–H and O–H groups in total. The maximum Gasteiger partial charge on any atom is 0.125 e. The van der Waals surface area contributed by atoms with E-state index in [1.807, 2.05) is 18.3 Å². The Morgan fingerprint density at radius 3 is 2.75 bits per heavy atom. The summed E-state index contributed by atoms with van der Waals surface area (Å²) in [6, 6.07) is 11.1. The SMILES string of the molecule is CN(C1CCCCC1)C(C#N)c1c[nH]c2ccccc12. The maximum absolute atomic E-state index is 9.65. The highest BCUT2D eigenvalue weighted by Gasteiger charge is 2.27. The van der Waals surface area contributed by atoms with Gasteiger partial charge in [-0.25, -0.2) is 0 Å². The molecule has 1 aromatic heterocycles. The molecule has 0 saturated heterocycles. The van der Waals surface area contributed by atoms with Crippen LogP contribution < -0.4 is 0 Å². The summed E-state index contributed by atoms with van der Waals surface area (Å²) in [5.74, 6) is 0. The molecule has 3 rings (SSSR count). The highest BCUT2D eigenvalue weighted by atomic mass is 15.2. The van der Waals surface area contributed by atoms with Gasteiger partial charge in [-0.05, 0) is 26.0 Å². The van der Waals surface area contributed by atoms with Gasteiger partial charge in [-0.15, -0.1) is 0 Å². The Balaban J connectivity index is 1.91. The molecule has 1 aliphatic rings. The van der Waals surface area contributed by atoms with Gasteiger partial charge >= 0.3 is 0 Å². The Kier molecular flexibility index (Phi) is 3.75. The Hall–Kier alpha value is -1.79. The first-order chi connectivity index (χ1) is 9.81. The molecule has 1 heterocycles. The van der Waals surface area contributed by atoms with Crippen molar-refractivity contribution >= 4 is 10.9 Å². The van der Waals surface area contributed by atoms with E-state index in [0.29, 0.717) is 6.04 Å². The molecule has 1 unspecified atom stereocenters. The summed E-state index contributed by atoms with van der Waals surface area (Å²) in [7, 11) is 2.10. The summed E-state index contributed by atoms with van der Waals surface area (Å²) in [6.45, 7) is 0. The minimum absolute atomic E-state index is 0.158. The Bertz CT molecular complexity index is 616. The first kappa shape index (κ1) is 13.2. The van der Waals surface area contributed by atoms with Crippen molar-refractivity contribution in [2.45, 2.75) is 44.2 Å². The highest BCUT2D eigenvalue weighted by molar-refractivity contribution is 5.83. The third-order valence-corrected chi connectivity index (χ3v) is 4.60. The number of hydrogen-bond donors (Lipinski definition) is 1. The van der Waals surface area contributed by atoms with E-state index >= 15 is 0 Å². The number of H-pyrrole nitrogens is 1. The number of nitrogens with one attached hydrogen (secondary N) is 1. The number of para-hydroxylation sites is 1. The predicted octanol–water partition coefficient (Wildman–Crippen LogP) is 4.00. The van der Waals surface area contributed by atoms with E-state index in [0.717, 1.165) is 11.1 Å². The minimum Gasteiger partial charge on any atom is -0.361 e.